The van der Waals surface area contributed by atoms with Crippen molar-refractivity contribution in [1.29, 1.82) is 0 Å². The second-order valence-electron chi connectivity index (χ2n) is 9.58. The summed E-state index contributed by atoms with van der Waals surface area (Å²) in [6.07, 6.45) is 2.54. The number of aromatic amines is 1. The summed E-state index contributed by atoms with van der Waals surface area (Å²) in [5.41, 5.74) is 6.94. The van der Waals surface area contributed by atoms with Crippen LogP contribution in [0.15, 0.2) is 85.1 Å². The van der Waals surface area contributed by atoms with Crippen molar-refractivity contribution >= 4 is 22.8 Å². The Kier molecular flexibility index (Phi) is 9.35. The average Bonchev–Trinajstić information content (AvgIpc) is 3.37. The number of likely N-dealkylation sites (N-methyl/N-ethyl adjacent to an activating group) is 2. The maximum absolute atomic E-state index is 13.9. The molecular weight excluding hydrogens is 492 g/mol. The van der Waals surface area contributed by atoms with E-state index in [1.165, 1.54) is 0 Å². The highest BCUT2D eigenvalue weighted by atomic mass is 16.5. The molecule has 1 heterocycles. The van der Waals surface area contributed by atoms with E-state index in [0.29, 0.717) is 25.3 Å². The van der Waals surface area contributed by atoms with E-state index >= 15 is 0 Å². The summed E-state index contributed by atoms with van der Waals surface area (Å²) in [6, 6.07) is 23.7. The molecule has 0 aliphatic rings. The molecule has 0 spiro atoms. The zero-order valence-corrected chi connectivity index (χ0v) is 22.6. The third kappa shape index (κ3) is 6.85. The van der Waals surface area contributed by atoms with Gasteiger partial charge in [0.05, 0.1) is 7.11 Å². The molecule has 3 aromatic carbocycles. The molecule has 0 aliphatic carbocycles. The lowest BCUT2D eigenvalue weighted by molar-refractivity contribution is -0.145. The van der Waals surface area contributed by atoms with Crippen LogP contribution in [-0.4, -0.2) is 64.7 Å². The van der Waals surface area contributed by atoms with Gasteiger partial charge in [-0.15, -0.1) is 0 Å². The van der Waals surface area contributed by atoms with E-state index in [0.717, 1.165) is 27.6 Å². The van der Waals surface area contributed by atoms with E-state index < -0.39 is 18.1 Å². The molecule has 0 aliphatic heterocycles. The number of nitrogens with one attached hydrogen (secondary N) is 2. The number of aliphatic carboxylic acids is 1. The van der Waals surface area contributed by atoms with Crippen LogP contribution in [0.25, 0.3) is 10.9 Å². The Bertz CT molecular complexity index is 1390. The van der Waals surface area contributed by atoms with E-state index in [9.17, 15) is 14.7 Å². The number of hydrazine groups is 1. The highest BCUT2D eigenvalue weighted by molar-refractivity contribution is 5.84. The lowest BCUT2D eigenvalue weighted by Crippen LogP contribution is -2.58. The molecule has 0 radical (unpaired) electrons. The molecule has 8 heteroatoms. The van der Waals surface area contributed by atoms with Crippen LogP contribution < -0.4 is 10.2 Å². The second-order valence-corrected chi connectivity index (χ2v) is 9.58. The molecule has 8 nitrogen and oxygen atoms in total. The summed E-state index contributed by atoms with van der Waals surface area (Å²) >= 11 is 0. The number of H-pyrrole nitrogens is 1. The molecule has 0 unspecified atom stereocenters. The Morgan fingerprint density at radius 3 is 2.36 bits per heavy atom. The summed E-state index contributed by atoms with van der Waals surface area (Å²) in [7, 11) is 3.38. The number of carboxylic acid groups (broad SMARTS) is 1. The Morgan fingerprint density at radius 2 is 1.64 bits per heavy atom. The SMILES string of the molecule is CCN(N[C@@H](Cc1c[nH]c2ccccc12)C(=O)O)[C@@H](Cc1ccccc1)C(=O)N(C)Cc1ccccc1OC. The van der Waals surface area contributed by atoms with Crippen molar-refractivity contribution in [1.82, 2.24) is 20.3 Å². The van der Waals surface area contributed by atoms with Crippen molar-refractivity contribution in [2.45, 2.75) is 38.4 Å². The smallest absolute Gasteiger partial charge is 0.322 e. The standard InChI is InChI=1S/C31H36N4O4/c1-4-35(33-27(31(37)38)19-24-20-32-26-16-10-9-15-25(24)26)28(18-22-12-6-5-7-13-22)30(36)34(2)21-23-14-8-11-17-29(23)39-3/h5-17,20,27-28,32-33H,4,18-19,21H2,1-3H3,(H,37,38)/t27-,28-/m0/s1. The van der Waals surface area contributed by atoms with Gasteiger partial charge in [0.2, 0.25) is 5.91 Å². The topological polar surface area (TPSA) is 97.9 Å². The molecule has 0 fully saturated rings. The van der Waals surface area contributed by atoms with E-state index in [1.54, 1.807) is 24.1 Å². The van der Waals surface area contributed by atoms with Gasteiger partial charge in [0.25, 0.3) is 0 Å². The Hall–Kier alpha value is -4.14. The first-order chi connectivity index (χ1) is 18.9. The van der Waals surface area contributed by atoms with Gasteiger partial charge < -0.3 is 19.7 Å². The number of rotatable bonds is 13. The Morgan fingerprint density at radius 1 is 0.949 bits per heavy atom. The predicted octanol–water partition coefficient (Wildman–Crippen LogP) is 4.27. The molecule has 4 aromatic rings. The highest BCUT2D eigenvalue weighted by Crippen LogP contribution is 2.22. The normalized spacial score (nSPS) is 12.8. The van der Waals surface area contributed by atoms with Gasteiger partial charge in [-0.05, 0) is 29.7 Å². The third-order valence-electron chi connectivity index (χ3n) is 6.97. The summed E-state index contributed by atoms with van der Waals surface area (Å²) in [4.78, 5) is 31.2. The largest absolute Gasteiger partial charge is 0.496 e. The van der Waals surface area contributed by atoms with Crippen LogP contribution >= 0.6 is 0 Å². The molecule has 39 heavy (non-hydrogen) atoms. The molecule has 3 N–H and O–H groups in total. The Balaban J connectivity index is 1.59. The minimum Gasteiger partial charge on any atom is -0.496 e. The minimum absolute atomic E-state index is 0.115. The van der Waals surface area contributed by atoms with Crippen molar-refractivity contribution in [3.63, 3.8) is 0 Å². The molecule has 1 aromatic heterocycles. The van der Waals surface area contributed by atoms with E-state index in [-0.39, 0.29) is 12.3 Å². The zero-order valence-electron chi connectivity index (χ0n) is 22.6. The summed E-state index contributed by atoms with van der Waals surface area (Å²) in [6.45, 7) is 2.72. The summed E-state index contributed by atoms with van der Waals surface area (Å²) < 4.78 is 5.48. The number of benzene rings is 3. The van der Waals surface area contributed by atoms with Gasteiger partial charge in [-0.3, -0.25) is 9.59 Å². The van der Waals surface area contributed by atoms with Crippen molar-refractivity contribution in [3.05, 3.63) is 102 Å². The third-order valence-corrected chi connectivity index (χ3v) is 6.97. The summed E-state index contributed by atoms with van der Waals surface area (Å²) in [5, 5.41) is 12.9. The number of methoxy groups -OCH3 is 1. The molecule has 0 bridgehead atoms. The predicted molar refractivity (Wildman–Crippen MR) is 152 cm³/mol. The van der Waals surface area contributed by atoms with Crippen LogP contribution in [-0.2, 0) is 29.0 Å². The number of hydrogen-bond donors (Lipinski definition) is 3. The first-order valence-electron chi connectivity index (χ1n) is 13.1. The number of carbonyl (C=O) groups excluding carboxylic acids is 1. The molecule has 0 saturated carbocycles. The molecule has 2 atom stereocenters. The first kappa shape index (κ1) is 27.9. The number of amides is 1. The number of para-hydroxylation sites is 2. The van der Waals surface area contributed by atoms with Crippen LogP contribution in [0.4, 0.5) is 0 Å². The molecular formula is C31H36N4O4. The van der Waals surface area contributed by atoms with Gasteiger partial charge in [-0.1, -0.05) is 73.7 Å². The van der Waals surface area contributed by atoms with Gasteiger partial charge in [0.15, 0.2) is 0 Å². The van der Waals surface area contributed by atoms with Crippen LogP contribution in [0.2, 0.25) is 0 Å². The number of fused-ring (bicyclic) bond motifs is 1. The van der Waals surface area contributed by atoms with E-state index in [2.05, 4.69) is 10.4 Å². The van der Waals surface area contributed by atoms with E-state index in [4.69, 9.17) is 4.74 Å². The number of nitrogens with zero attached hydrogens (tertiary/aromatic N) is 2. The average molecular weight is 529 g/mol. The summed E-state index contributed by atoms with van der Waals surface area (Å²) in [5.74, 6) is -0.380. The van der Waals surface area contributed by atoms with Gasteiger partial charge >= 0.3 is 5.97 Å². The van der Waals surface area contributed by atoms with Crippen molar-refractivity contribution in [2.24, 2.45) is 0 Å². The second kappa shape index (κ2) is 13.1. The number of carbonyl (C=O) groups is 2. The Labute approximate surface area is 229 Å². The fourth-order valence-electron chi connectivity index (χ4n) is 4.90. The minimum atomic E-state index is -0.980. The number of ether oxygens (including phenoxy) is 1. The van der Waals surface area contributed by atoms with Crippen molar-refractivity contribution in [2.75, 3.05) is 20.7 Å². The van der Waals surface area contributed by atoms with Crippen LogP contribution in [0.5, 0.6) is 5.75 Å². The zero-order chi connectivity index (χ0) is 27.8. The quantitative estimate of drug-likeness (QED) is 0.224. The van der Waals surface area contributed by atoms with Gasteiger partial charge in [0, 0.05) is 49.2 Å². The van der Waals surface area contributed by atoms with Crippen LogP contribution in [0.1, 0.15) is 23.6 Å². The molecule has 4 rings (SSSR count). The lowest BCUT2D eigenvalue weighted by atomic mass is 10.0. The monoisotopic (exact) mass is 528 g/mol. The van der Waals surface area contributed by atoms with Crippen molar-refractivity contribution < 1.29 is 19.4 Å². The maximum Gasteiger partial charge on any atom is 0.322 e. The number of hydrogen-bond acceptors (Lipinski definition) is 5. The fourth-order valence-corrected chi connectivity index (χ4v) is 4.90. The van der Waals surface area contributed by atoms with Gasteiger partial charge in [-0.25, -0.2) is 10.4 Å². The molecule has 0 saturated heterocycles. The van der Waals surface area contributed by atoms with Crippen LogP contribution in [0, 0.1) is 0 Å². The van der Waals surface area contributed by atoms with Gasteiger partial charge in [0.1, 0.15) is 17.8 Å². The maximum atomic E-state index is 13.9. The van der Waals surface area contributed by atoms with Crippen LogP contribution in [0.3, 0.4) is 0 Å². The lowest BCUT2D eigenvalue weighted by Gasteiger charge is -2.35. The number of aromatic nitrogens is 1. The van der Waals surface area contributed by atoms with Crippen molar-refractivity contribution in [3.8, 4) is 5.75 Å². The van der Waals surface area contributed by atoms with E-state index in [1.807, 2.05) is 92.0 Å². The first-order valence-corrected chi connectivity index (χ1v) is 13.1. The molecule has 204 valence electrons. The highest BCUT2D eigenvalue weighted by Gasteiger charge is 2.32. The fraction of sp³-hybridized carbons (Fsp3) is 0.290. The van der Waals surface area contributed by atoms with Gasteiger partial charge in [-0.2, -0.15) is 0 Å². The number of carboxylic acids is 1. The molecule has 1 amide bonds.